The second-order valence-electron chi connectivity index (χ2n) is 10.9. The van der Waals surface area contributed by atoms with E-state index in [1.807, 2.05) is 39.8 Å². The fourth-order valence-corrected chi connectivity index (χ4v) is 4.55. The predicted molar refractivity (Wildman–Crippen MR) is 141 cm³/mol. The molecule has 2 heterocycles. The number of methoxy groups -OCH3 is 1. The van der Waals surface area contributed by atoms with Gasteiger partial charge in [0.25, 0.3) is 0 Å². The van der Waals surface area contributed by atoms with Gasteiger partial charge in [-0.1, -0.05) is 17.8 Å². The molecule has 0 amide bonds. The molecule has 1 radical (unpaired) electrons. The van der Waals surface area contributed by atoms with Crippen molar-refractivity contribution < 1.29 is 18.7 Å². The van der Waals surface area contributed by atoms with Crippen LogP contribution in [0.2, 0.25) is 0 Å². The molecule has 1 aromatic rings. The third kappa shape index (κ3) is 4.73. The van der Waals surface area contributed by atoms with Gasteiger partial charge in [0.05, 0.1) is 33.8 Å². The highest BCUT2D eigenvalue weighted by atomic mass is 32.2. The largest absolute Gasteiger partial charge is 0.494 e. The van der Waals surface area contributed by atoms with Gasteiger partial charge < -0.3 is 24.0 Å². The van der Waals surface area contributed by atoms with Crippen LogP contribution in [0.5, 0.6) is 0 Å². The summed E-state index contributed by atoms with van der Waals surface area (Å²) in [4.78, 5) is 2.22. The Morgan fingerprint density at radius 2 is 1.71 bits per heavy atom. The fourth-order valence-electron chi connectivity index (χ4n) is 3.54. The van der Waals surface area contributed by atoms with Gasteiger partial charge in [-0.2, -0.15) is 0 Å². The molecule has 3 aliphatic rings. The highest BCUT2D eigenvalue weighted by molar-refractivity contribution is 8.03. The number of anilines is 1. The van der Waals surface area contributed by atoms with Crippen molar-refractivity contribution in [1.29, 1.82) is 0 Å². The van der Waals surface area contributed by atoms with E-state index in [9.17, 15) is 0 Å². The molecule has 179 valence electrons. The van der Waals surface area contributed by atoms with Crippen LogP contribution in [-0.4, -0.2) is 44.1 Å². The van der Waals surface area contributed by atoms with Crippen molar-refractivity contribution in [2.24, 2.45) is 0 Å². The van der Waals surface area contributed by atoms with Crippen LogP contribution in [0, 0.1) is 0 Å². The molecule has 1 aliphatic carbocycles. The number of hydrogen-bond acceptors (Lipinski definition) is 6. The van der Waals surface area contributed by atoms with E-state index >= 15 is 0 Å². The fraction of sp³-hybridized carbons (Fsp3) is 0.500. The smallest absolute Gasteiger partial charge is 0.427 e. The van der Waals surface area contributed by atoms with Crippen LogP contribution in [-0.2, 0) is 18.7 Å². The molecule has 1 aromatic carbocycles. The van der Waals surface area contributed by atoms with Crippen molar-refractivity contribution in [2.75, 3.05) is 12.4 Å². The minimum atomic E-state index is -0.505. The maximum atomic E-state index is 6.24. The predicted octanol–water partition coefficient (Wildman–Crippen LogP) is 5.16. The van der Waals surface area contributed by atoms with Gasteiger partial charge in [0.15, 0.2) is 0 Å². The Kier molecular flexibility index (Phi) is 6.56. The zero-order valence-corrected chi connectivity index (χ0v) is 22.5. The molecule has 0 bridgehead atoms. The zero-order chi connectivity index (χ0) is 24.9. The molecule has 1 saturated heterocycles. The topological polar surface area (TPSA) is 49.0 Å². The second kappa shape index (κ2) is 8.77. The average Bonchev–Trinajstić information content (AvgIpc) is 2.88. The van der Waals surface area contributed by atoms with Crippen molar-refractivity contribution >= 4 is 37.5 Å². The Morgan fingerprint density at radius 1 is 1.03 bits per heavy atom. The quantitative estimate of drug-likeness (QED) is 0.450. The van der Waals surface area contributed by atoms with E-state index in [-0.39, 0.29) is 18.3 Å². The number of hydrogen-bond donors (Lipinski definition) is 1. The monoisotopic (exact) mass is 478 g/mol. The van der Waals surface area contributed by atoms with Crippen LogP contribution in [0.15, 0.2) is 63.1 Å². The highest BCUT2D eigenvalue weighted by Crippen LogP contribution is 2.42. The lowest BCUT2D eigenvalue weighted by Crippen LogP contribution is -2.49. The number of benzene rings is 1. The maximum Gasteiger partial charge on any atom is 0.494 e. The van der Waals surface area contributed by atoms with Crippen LogP contribution in [0.3, 0.4) is 0 Å². The Labute approximate surface area is 209 Å². The van der Waals surface area contributed by atoms with Gasteiger partial charge in [0.1, 0.15) is 0 Å². The summed E-state index contributed by atoms with van der Waals surface area (Å²) in [6, 6.07) is 6.31. The van der Waals surface area contributed by atoms with Gasteiger partial charge in [-0.05, 0) is 96.7 Å². The van der Waals surface area contributed by atoms with E-state index in [4.69, 9.17) is 18.7 Å². The van der Waals surface area contributed by atoms with Crippen LogP contribution < -0.4 is 10.8 Å². The summed E-state index contributed by atoms with van der Waals surface area (Å²) in [6.07, 6.45) is 6.01. The first-order valence-electron chi connectivity index (χ1n) is 11.6. The van der Waals surface area contributed by atoms with E-state index in [0.29, 0.717) is 0 Å². The summed E-state index contributed by atoms with van der Waals surface area (Å²) in [7, 11) is 3.10. The number of allylic oxidation sites excluding steroid dienone is 3. The van der Waals surface area contributed by atoms with Crippen LogP contribution in [0.1, 0.15) is 55.4 Å². The standard InChI is InChI=1S/C26H34B2NO4S/c1-23(2,30-9)24(3,4)31-27-17-11-10-12-21-20(15-17)29-19-14-13-18(16-22(19)34-21)28-32-25(5,6)26(7,8)33-28/h11-16,29H,1-9H3. The number of thioether (sulfide) groups is 1. The van der Waals surface area contributed by atoms with E-state index in [0.717, 1.165) is 32.1 Å². The highest BCUT2D eigenvalue weighted by Gasteiger charge is 2.51. The first-order chi connectivity index (χ1) is 15.7. The minimum absolute atomic E-state index is 0.365. The van der Waals surface area contributed by atoms with Crippen molar-refractivity contribution in [1.82, 2.24) is 0 Å². The van der Waals surface area contributed by atoms with Crippen molar-refractivity contribution in [3.63, 3.8) is 0 Å². The molecule has 4 rings (SSSR count). The third-order valence-corrected chi connectivity index (χ3v) is 8.63. The summed E-state index contributed by atoms with van der Waals surface area (Å²) >= 11 is 1.71. The van der Waals surface area contributed by atoms with Crippen LogP contribution in [0.25, 0.3) is 0 Å². The first kappa shape index (κ1) is 25.4. The maximum absolute atomic E-state index is 6.24. The van der Waals surface area contributed by atoms with Gasteiger partial charge in [0.2, 0.25) is 0 Å². The summed E-state index contributed by atoms with van der Waals surface area (Å²) in [5, 5.41) is 3.57. The molecule has 1 N–H and O–H groups in total. The molecule has 0 atom stereocenters. The Morgan fingerprint density at radius 3 is 2.35 bits per heavy atom. The number of nitrogens with one attached hydrogen (secondary N) is 1. The molecule has 0 aromatic heterocycles. The van der Waals surface area contributed by atoms with Gasteiger partial charge in [-0.15, -0.1) is 5.73 Å². The van der Waals surface area contributed by atoms with Crippen molar-refractivity contribution in [2.45, 2.75) is 82.7 Å². The summed E-state index contributed by atoms with van der Waals surface area (Å²) in [5.74, 6) is 0. The molecular formula is C26H34B2NO4S. The van der Waals surface area contributed by atoms with Gasteiger partial charge >= 0.3 is 14.6 Å². The van der Waals surface area contributed by atoms with Crippen molar-refractivity contribution in [3.8, 4) is 0 Å². The lowest BCUT2D eigenvalue weighted by Gasteiger charge is -2.40. The minimum Gasteiger partial charge on any atom is -0.427 e. The Bertz CT molecular complexity index is 1100. The molecule has 0 unspecified atom stereocenters. The number of fused-ring (bicyclic) bond motifs is 1. The number of ether oxygens (including phenoxy) is 1. The van der Waals surface area contributed by atoms with E-state index in [1.54, 1.807) is 26.4 Å². The lowest BCUT2D eigenvalue weighted by atomic mass is 9.79. The first-order valence-corrected chi connectivity index (χ1v) is 12.5. The summed E-state index contributed by atoms with van der Waals surface area (Å²) < 4.78 is 24.3. The Hall–Kier alpha value is -1.66. The normalized spacial score (nSPS) is 21.0. The van der Waals surface area contributed by atoms with E-state index in [1.165, 1.54) is 0 Å². The Balaban J connectivity index is 1.52. The molecule has 5 nitrogen and oxygen atoms in total. The molecule has 1 fully saturated rings. The van der Waals surface area contributed by atoms with Crippen molar-refractivity contribution in [3.05, 3.63) is 58.2 Å². The van der Waals surface area contributed by atoms with Crippen LogP contribution >= 0.6 is 11.8 Å². The summed E-state index contributed by atoms with van der Waals surface area (Å²) in [6.45, 7) is 16.4. The SMILES string of the molecule is COC(C)(C)C(C)(C)O[B]C1=CC2=C(C=C=C1)Sc1cc(B3OC(C)(C)C(C)(C)O3)ccc1N2. The van der Waals surface area contributed by atoms with E-state index in [2.05, 4.69) is 63.0 Å². The third-order valence-electron chi connectivity index (χ3n) is 7.51. The average molecular weight is 478 g/mol. The molecule has 34 heavy (non-hydrogen) atoms. The van der Waals surface area contributed by atoms with Gasteiger partial charge in [-0.3, -0.25) is 0 Å². The molecule has 2 aliphatic heterocycles. The molecule has 0 saturated carbocycles. The van der Waals surface area contributed by atoms with Gasteiger partial charge in [-0.25, -0.2) is 0 Å². The number of rotatable bonds is 6. The van der Waals surface area contributed by atoms with E-state index < -0.39 is 11.2 Å². The van der Waals surface area contributed by atoms with Gasteiger partial charge in [0, 0.05) is 16.9 Å². The molecule has 8 heteroatoms. The summed E-state index contributed by atoms with van der Waals surface area (Å²) in [5.41, 5.74) is 5.61. The molecule has 0 spiro atoms. The lowest BCUT2D eigenvalue weighted by molar-refractivity contribution is -0.114. The zero-order valence-electron chi connectivity index (χ0n) is 21.7. The second-order valence-corrected chi connectivity index (χ2v) is 12.0. The molecular weight excluding hydrogens is 444 g/mol. The van der Waals surface area contributed by atoms with Crippen LogP contribution in [0.4, 0.5) is 5.69 Å².